The zero-order chi connectivity index (χ0) is 19.9. The summed E-state index contributed by atoms with van der Waals surface area (Å²) in [6, 6.07) is 5.61. The van der Waals surface area contributed by atoms with Crippen molar-refractivity contribution in [2.75, 3.05) is 38.3 Å². The average molecular weight is 440 g/mol. The van der Waals surface area contributed by atoms with Crippen LogP contribution in [0, 0.1) is 0 Å². The van der Waals surface area contributed by atoms with Crippen molar-refractivity contribution in [3.05, 3.63) is 44.3 Å². The molecule has 4 rings (SSSR count). The number of aromatic nitrogens is 1. The van der Waals surface area contributed by atoms with E-state index in [1.807, 2.05) is 17.0 Å². The summed E-state index contributed by atoms with van der Waals surface area (Å²) in [5, 5.41) is 1.32. The largest absolute Gasteiger partial charge is 0.375 e. The Labute approximate surface area is 177 Å². The number of benzene rings is 1. The number of amides is 2. The molecule has 2 amide bonds. The summed E-state index contributed by atoms with van der Waals surface area (Å²) in [7, 11) is 1.51. The highest BCUT2D eigenvalue weighted by Gasteiger charge is 2.49. The van der Waals surface area contributed by atoms with Gasteiger partial charge in [-0.25, -0.2) is 4.98 Å². The van der Waals surface area contributed by atoms with Crippen LogP contribution in [-0.4, -0.2) is 55.0 Å². The van der Waals surface area contributed by atoms with E-state index < -0.39 is 0 Å². The molecule has 1 aromatic heterocycles. The van der Waals surface area contributed by atoms with E-state index in [1.54, 1.807) is 17.2 Å². The Balaban J connectivity index is 1.62. The lowest BCUT2D eigenvalue weighted by atomic mass is 9.81. The minimum atomic E-state index is -0.306. The van der Waals surface area contributed by atoms with Gasteiger partial charge in [-0.2, -0.15) is 0 Å². The van der Waals surface area contributed by atoms with E-state index >= 15 is 0 Å². The maximum atomic E-state index is 13.0. The summed E-state index contributed by atoms with van der Waals surface area (Å²) in [4.78, 5) is 33.1. The van der Waals surface area contributed by atoms with Gasteiger partial charge in [-0.05, 0) is 30.2 Å². The van der Waals surface area contributed by atoms with Gasteiger partial charge in [-0.3, -0.25) is 9.59 Å². The molecule has 1 aromatic carbocycles. The zero-order valence-corrected chi connectivity index (χ0v) is 17.6. The second-order valence-electron chi connectivity index (χ2n) is 7.15. The number of methoxy groups -OCH3 is 1. The van der Waals surface area contributed by atoms with Crippen LogP contribution in [0.15, 0.2) is 24.4 Å². The Hall–Kier alpha value is -1.67. The molecule has 148 valence electrons. The SMILES string of the molecule is COCC(=O)N1CCC2(C1)CN(C(=O)Cc1ncc(Cl)s1)c1ccc(Cl)cc12. The number of nitrogens with zero attached hydrogens (tertiary/aromatic N) is 3. The summed E-state index contributed by atoms with van der Waals surface area (Å²) < 4.78 is 5.56. The topological polar surface area (TPSA) is 62.7 Å². The first-order valence-electron chi connectivity index (χ1n) is 8.89. The van der Waals surface area contributed by atoms with Crippen molar-refractivity contribution in [3.8, 4) is 0 Å². The van der Waals surface area contributed by atoms with Crippen LogP contribution in [-0.2, 0) is 26.2 Å². The standard InChI is InChI=1S/C19H19Cl2N3O3S/c1-27-9-18(26)23-5-4-19(10-23)11-24(14-3-2-12(20)6-13(14)19)17(25)7-16-22-8-15(21)28-16/h2-3,6,8H,4-5,7,9-11H2,1H3. The van der Waals surface area contributed by atoms with Crippen LogP contribution in [0.3, 0.4) is 0 Å². The van der Waals surface area contributed by atoms with Crippen LogP contribution < -0.4 is 4.90 Å². The Morgan fingerprint density at radius 1 is 1.29 bits per heavy atom. The van der Waals surface area contributed by atoms with Crippen molar-refractivity contribution in [1.82, 2.24) is 9.88 Å². The van der Waals surface area contributed by atoms with E-state index in [9.17, 15) is 9.59 Å². The van der Waals surface area contributed by atoms with Crippen molar-refractivity contribution in [3.63, 3.8) is 0 Å². The Kier molecular flexibility index (Phi) is 5.35. The van der Waals surface area contributed by atoms with Crippen molar-refractivity contribution in [1.29, 1.82) is 0 Å². The maximum Gasteiger partial charge on any atom is 0.248 e. The summed E-state index contributed by atoms with van der Waals surface area (Å²) in [5.41, 5.74) is 1.58. The van der Waals surface area contributed by atoms with Crippen molar-refractivity contribution < 1.29 is 14.3 Å². The molecule has 28 heavy (non-hydrogen) atoms. The molecule has 1 fully saturated rings. The number of anilines is 1. The van der Waals surface area contributed by atoms with E-state index in [0.29, 0.717) is 34.0 Å². The first kappa shape index (κ1) is 19.6. The van der Waals surface area contributed by atoms with E-state index in [4.69, 9.17) is 27.9 Å². The third-order valence-corrected chi connectivity index (χ3v) is 6.73. The number of fused-ring (bicyclic) bond motifs is 2. The molecule has 0 bridgehead atoms. The highest BCUT2D eigenvalue weighted by molar-refractivity contribution is 7.15. The van der Waals surface area contributed by atoms with Gasteiger partial charge in [-0.15, -0.1) is 11.3 Å². The second-order valence-corrected chi connectivity index (χ2v) is 9.34. The highest BCUT2D eigenvalue weighted by Crippen LogP contribution is 2.47. The molecule has 9 heteroatoms. The van der Waals surface area contributed by atoms with Gasteiger partial charge in [0.05, 0.1) is 12.6 Å². The minimum Gasteiger partial charge on any atom is -0.375 e. The van der Waals surface area contributed by atoms with Crippen molar-refractivity contribution in [2.24, 2.45) is 0 Å². The van der Waals surface area contributed by atoms with Gasteiger partial charge in [0.2, 0.25) is 11.8 Å². The number of carbonyl (C=O) groups is 2. The molecule has 1 unspecified atom stereocenters. The number of hydrogen-bond donors (Lipinski definition) is 0. The molecule has 0 aliphatic carbocycles. The van der Waals surface area contributed by atoms with E-state index in [2.05, 4.69) is 4.98 Å². The third-order valence-electron chi connectivity index (χ3n) is 5.38. The number of likely N-dealkylation sites (tertiary alicyclic amines) is 1. The van der Waals surface area contributed by atoms with E-state index in [1.165, 1.54) is 18.4 Å². The second kappa shape index (κ2) is 7.63. The van der Waals surface area contributed by atoms with Crippen LogP contribution in [0.5, 0.6) is 0 Å². The lowest BCUT2D eigenvalue weighted by Gasteiger charge is -2.25. The first-order valence-corrected chi connectivity index (χ1v) is 10.5. The summed E-state index contributed by atoms with van der Waals surface area (Å²) in [6.07, 6.45) is 2.54. The summed E-state index contributed by atoms with van der Waals surface area (Å²) in [5.74, 6) is -0.0710. The highest BCUT2D eigenvalue weighted by atomic mass is 35.5. The molecule has 1 atom stereocenters. The lowest BCUT2D eigenvalue weighted by molar-refractivity contribution is -0.134. The number of hydrogen-bond acceptors (Lipinski definition) is 5. The molecule has 0 radical (unpaired) electrons. The van der Waals surface area contributed by atoms with Crippen LogP contribution in [0.1, 0.15) is 17.0 Å². The smallest absolute Gasteiger partial charge is 0.248 e. The minimum absolute atomic E-state index is 0.0341. The normalized spacial score (nSPS) is 20.8. The van der Waals surface area contributed by atoms with Gasteiger partial charge in [0, 0.05) is 42.9 Å². The average Bonchev–Trinajstić information content (AvgIpc) is 3.35. The van der Waals surface area contributed by atoms with Crippen molar-refractivity contribution in [2.45, 2.75) is 18.3 Å². The van der Waals surface area contributed by atoms with Crippen LogP contribution in [0.2, 0.25) is 9.36 Å². The molecule has 1 spiro atoms. The van der Waals surface area contributed by atoms with Crippen LogP contribution in [0.25, 0.3) is 0 Å². The Bertz CT molecular complexity index is 935. The monoisotopic (exact) mass is 439 g/mol. The fourth-order valence-electron chi connectivity index (χ4n) is 4.11. The summed E-state index contributed by atoms with van der Waals surface area (Å²) >= 11 is 13.5. The number of carbonyl (C=O) groups excluding carboxylic acids is 2. The van der Waals surface area contributed by atoms with Gasteiger partial charge >= 0.3 is 0 Å². The quantitative estimate of drug-likeness (QED) is 0.733. The molecular formula is C19H19Cl2N3O3S. The fraction of sp³-hybridized carbons (Fsp3) is 0.421. The molecule has 3 heterocycles. The van der Waals surface area contributed by atoms with Crippen LogP contribution in [0.4, 0.5) is 5.69 Å². The van der Waals surface area contributed by atoms with Crippen molar-refractivity contribution >= 4 is 52.0 Å². The molecule has 1 saturated heterocycles. The number of rotatable bonds is 4. The number of thiazole rings is 1. The predicted molar refractivity (Wildman–Crippen MR) is 109 cm³/mol. The van der Waals surface area contributed by atoms with E-state index in [-0.39, 0.29) is 30.3 Å². The molecular weight excluding hydrogens is 421 g/mol. The van der Waals surface area contributed by atoms with Gasteiger partial charge in [0.1, 0.15) is 16.0 Å². The molecule has 6 nitrogen and oxygen atoms in total. The third kappa shape index (κ3) is 3.52. The zero-order valence-electron chi connectivity index (χ0n) is 15.3. The molecule has 0 saturated carbocycles. The first-order chi connectivity index (χ1) is 13.4. The predicted octanol–water partition coefficient (Wildman–Crippen LogP) is 3.16. The summed E-state index contributed by atoms with van der Waals surface area (Å²) in [6.45, 7) is 1.77. The van der Waals surface area contributed by atoms with Crippen LogP contribution >= 0.6 is 34.5 Å². The Morgan fingerprint density at radius 3 is 2.82 bits per heavy atom. The number of halogens is 2. The van der Waals surface area contributed by atoms with Gasteiger partial charge in [0.15, 0.2) is 0 Å². The molecule has 0 N–H and O–H groups in total. The van der Waals surface area contributed by atoms with Gasteiger partial charge in [0.25, 0.3) is 0 Å². The maximum absolute atomic E-state index is 13.0. The van der Waals surface area contributed by atoms with Gasteiger partial charge < -0.3 is 14.5 Å². The van der Waals surface area contributed by atoms with E-state index in [0.717, 1.165) is 17.7 Å². The molecule has 2 aromatic rings. The fourth-order valence-corrected chi connectivity index (χ4v) is 5.23. The lowest BCUT2D eigenvalue weighted by Crippen LogP contribution is -2.41. The molecule has 2 aliphatic heterocycles. The number of ether oxygens (including phenoxy) is 1. The van der Waals surface area contributed by atoms with Gasteiger partial charge in [-0.1, -0.05) is 23.2 Å². The molecule has 2 aliphatic rings. The Morgan fingerprint density at radius 2 is 2.11 bits per heavy atom.